The third-order valence-electron chi connectivity index (χ3n) is 4.40. The lowest BCUT2D eigenvalue weighted by atomic mass is 10.1. The van der Waals surface area contributed by atoms with E-state index in [1.54, 1.807) is 12.3 Å². The minimum Gasteiger partial charge on any atom is -0.482 e. The average Bonchev–Trinajstić information content (AvgIpc) is 3.17. The number of halogens is 4. The van der Waals surface area contributed by atoms with Gasteiger partial charge in [-0.3, -0.25) is 10.1 Å². The summed E-state index contributed by atoms with van der Waals surface area (Å²) in [6, 6.07) is 10.3. The van der Waals surface area contributed by atoms with Crippen molar-refractivity contribution in [3.63, 3.8) is 0 Å². The van der Waals surface area contributed by atoms with Crippen LogP contribution < -0.4 is 10.1 Å². The number of nitro groups is 1. The molecule has 4 aromatic rings. The molecule has 0 spiro atoms. The van der Waals surface area contributed by atoms with Crippen LogP contribution in [0, 0.1) is 15.9 Å². The van der Waals surface area contributed by atoms with E-state index >= 15 is 0 Å². The van der Waals surface area contributed by atoms with Gasteiger partial charge in [0.05, 0.1) is 16.3 Å². The Balaban J connectivity index is 1.71. The molecule has 0 saturated heterocycles. The third-order valence-corrected chi connectivity index (χ3v) is 4.40. The monoisotopic (exact) mass is 447 g/mol. The van der Waals surface area contributed by atoms with Crippen molar-refractivity contribution >= 4 is 28.2 Å². The van der Waals surface area contributed by atoms with Crippen LogP contribution in [0.25, 0.3) is 22.2 Å². The summed E-state index contributed by atoms with van der Waals surface area (Å²) in [5.41, 5.74) is 0.852. The highest BCUT2D eigenvalue weighted by molar-refractivity contribution is 5.94. The van der Waals surface area contributed by atoms with E-state index in [-0.39, 0.29) is 11.6 Å². The molecule has 0 aliphatic heterocycles. The number of hydrogen-bond donors (Lipinski definition) is 2. The molecule has 0 aliphatic carbocycles. The van der Waals surface area contributed by atoms with Crippen molar-refractivity contribution in [2.45, 2.75) is 6.18 Å². The number of H-pyrrole nitrogens is 1. The molecule has 2 heterocycles. The van der Waals surface area contributed by atoms with E-state index in [4.69, 9.17) is 0 Å². The summed E-state index contributed by atoms with van der Waals surface area (Å²) in [5.74, 6) is -2.00. The van der Waals surface area contributed by atoms with Crippen LogP contribution in [0.5, 0.6) is 5.75 Å². The molecule has 0 aliphatic rings. The fourth-order valence-electron chi connectivity index (χ4n) is 3.03. The van der Waals surface area contributed by atoms with Crippen molar-refractivity contribution in [3.8, 4) is 17.0 Å². The van der Waals surface area contributed by atoms with Crippen LogP contribution in [0.15, 0.2) is 54.9 Å². The van der Waals surface area contributed by atoms with Gasteiger partial charge in [0.1, 0.15) is 5.75 Å². The summed E-state index contributed by atoms with van der Waals surface area (Å²) in [5, 5.41) is 14.5. The van der Waals surface area contributed by atoms with Gasteiger partial charge in [-0.15, -0.1) is 0 Å². The van der Waals surface area contributed by atoms with Gasteiger partial charge in [-0.1, -0.05) is 18.2 Å². The zero-order valence-electron chi connectivity index (χ0n) is 16.0. The summed E-state index contributed by atoms with van der Waals surface area (Å²) in [4.78, 5) is 21.5. The van der Waals surface area contributed by atoms with Gasteiger partial charge in [0.2, 0.25) is 11.8 Å². The Morgan fingerprint density at radius 2 is 1.97 bits per heavy atom. The van der Waals surface area contributed by atoms with Gasteiger partial charge in [0.25, 0.3) is 0 Å². The lowest BCUT2D eigenvalue weighted by Gasteiger charge is -2.14. The van der Waals surface area contributed by atoms with Crippen molar-refractivity contribution in [2.24, 2.45) is 0 Å². The maximum atomic E-state index is 14.0. The van der Waals surface area contributed by atoms with E-state index in [0.29, 0.717) is 11.8 Å². The van der Waals surface area contributed by atoms with E-state index < -0.39 is 35.0 Å². The highest BCUT2D eigenvalue weighted by atomic mass is 19.4. The van der Waals surface area contributed by atoms with E-state index in [9.17, 15) is 27.7 Å². The van der Waals surface area contributed by atoms with Gasteiger partial charge in [-0.25, -0.2) is 9.97 Å². The standard InChI is InChI=1S/C20H13F4N5O3/c21-13-7-18(32-10-20(22,23)24)16(8-17(13)29(30)31)28-19-25-6-5-15(27-19)12-9-26-14-4-2-1-3-11(12)14/h1-9,26H,10H2,(H,25,27,28). The quantitative estimate of drug-likeness (QED) is 0.234. The third kappa shape index (κ3) is 4.43. The maximum absolute atomic E-state index is 14.0. The van der Waals surface area contributed by atoms with E-state index in [2.05, 4.69) is 25.0 Å². The molecule has 0 unspecified atom stereocenters. The molecule has 0 radical (unpaired) electrons. The Hall–Kier alpha value is -4.22. The molecule has 4 rings (SSSR count). The second-order valence-electron chi connectivity index (χ2n) is 6.60. The molecule has 164 valence electrons. The fraction of sp³-hybridized carbons (Fsp3) is 0.100. The van der Waals surface area contributed by atoms with Gasteiger partial charge in [-0.2, -0.15) is 17.6 Å². The molecule has 8 nitrogen and oxygen atoms in total. The summed E-state index contributed by atoms with van der Waals surface area (Å²) >= 11 is 0. The van der Waals surface area contributed by atoms with E-state index in [0.717, 1.165) is 22.5 Å². The van der Waals surface area contributed by atoms with Gasteiger partial charge in [0.15, 0.2) is 6.61 Å². The molecule has 0 saturated carbocycles. The topological polar surface area (TPSA) is 106 Å². The number of aromatic amines is 1. The molecule has 12 heteroatoms. The first-order valence-corrected chi connectivity index (χ1v) is 9.05. The van der Waals surface area contributed by atoms with Crippen molar-refractivity contribution in [1.82, 2.24) is 15.0 Å². The predicted molar refractivity (Wildman–Crippen MR) is 107 cm³/mol. The molecule has 0 amide bonds. The number of aromatic nitrogens is 3. The molecule has 2 aromatic heterocycles. The Labute approximate surface area is 177 Å². The molecule has 32 heavy (non-hydrogen) atoms. The number of anilines is 2. The largest absolute Gasteiger partial charge is 0.482 e. The number of benzene rings is 2. The first-order valence-electron chi connectivity index (χ1n) is 9.05. The van der Waals surface area contributed by atoms with Crippen LogP contribution in [0.2, 0.25) is 0 Å². The molecule has 0 atom stereocenters. The van der Waals surface area contributed by atoms with Gasteiger partial charge in [0, 0.05) is 41.0 Å². The number of nitrogens with one attached hydrogen (secondary N) is 2. The van der Waals surface area contributed by atoms with Crippen LogP contribution in [0.1, 0.15) is 0 Å². The van der Waals surface area contributed by atoms with Crippen molar-refractivity contribution in [1.29, 1.82) is 0 Å². The Kier molecular flexibility index (Phi) is 5.34. The van der Waals surface area contributed by atoms with Crippen LogP contribution in [-0.4, -0.2) is 32.7 Å². The molecular weight excluding hydrogens is 434 g/mol. The second-order valence-corrected chi connectivity index (χ2v) is 6.60. The first kappa shape index (κ1) is 21.0. The Bertz CT molecular complexity index is 1310. The van der Waals surface area contributed by atoms with E-state index in [1.807, 2.05) is 24.3 Å². The summed E-state index contributed by atoms with van der Waals surface area (Å²) < 4.78 is 56.3. The zero-order valence-corrected chi connectivity index (χ0v) is 16.0. The summed E-state index contributed by atoms with van der Waals surface area (Å²) in [6.45, 7) is -1.71. The molecular formula is C20H13F4N5O3. The minimum absolute atomic E-state index is 0.0782. The second kappa shape index (κ2) is 8.13. The van der Waals surface area contributed by atoms with Crippen molar-refractivity contribution in [2.75, 3.05) is 11.9 Å². The lowest BCUT2D eigenvalue weighted by Crippen LogP contribution is -2.19. The van der Waals surface area contributed by atoms with Crippen LogP contribution in [-0.2, 0) is 0 Å². The number of alkyl halides is 3. The first-order chi connectivity index (χ1) is 15.2. The number of para-hydroxylation sites is 1. The average molecular weight is 447 g/mol. The number of nitrogens with zero attached hydrogens (tertiary/aromatic N) is 3. The highest BCUT2D eigenvalue weighted by Gasteiger charge is 2.30. The van der Waals surface area contributed by atoms with Gasteiger partial charge < -0.3 is 15.0 Å². The smallest absolute Gasteiger partial charge is 0.422 e. The van der Waals surface area contributed by atoms with Gasteiger partial charge >= 0.3 is 11.9 Å². The molecule has 0 fully saturated rings. The van der Waals surface area contributed by atoms with Crippen LogP contribution in [0.4, 0.5) is 34.9 Å². The number of fused-ring (bicyclic) bond motifs is 1. The highest BCUT2D eigenvalue weighted by Crippen LogP contribution is 2.35. The molecule has 2 N–H and O–H groups in total. The summed E-state index contributed by atoms with van der Waals surface area (Å²) in [7, 11) is 0. The van der Waals surface area contributed by atoms with Crippen LogP contribution >= 0.6 is 0 Å². The maximum Gasteiger partial charge on any atom is 0.422 e. The SMILES string of the molecule is O=[N+]([O-])c1cc(Nc2nccc(-c3c[nH]c4ccccc34)n2)c(OCC(F)(F)F)cc1F. The normalized spacial score (nSPS) is 11.5. The van der Waals surface area contributed by atoms with Crippen LogP contribution in [0.3, 0.4) is 0 Å². The van der Waals surface area contributed by atoms with Crippen molar-refractivity contribution in [3.05, 3.63) is 70.8 Å². The lowest BCUT2D eigenvalue weighted by molar-refractivity contribution is -0.387. The minimum atomic E-state index is -4.69. The number of nitro benzene ring substituents is 1. The number of rotatable bonds is 6. The Morgan fingerprint density at radius 1 is 1.19 bits per heavy atom. The number of ether oxygens (including phenoxy) is 1. The summed E-state index contributed by atoms with van der Waals surface area (Å²) in [6.07, 6.45) is -1.56. The molecule has 0 bridgehead atoms. The molecule has 2 aromatic carbocycles. The number of hydrogen-bond acceptors (Lipinski definition) is 6. The zero-order chi connectivity index (χ0) is 22.9. The predicted octanol–water partition coefficient (Wildman–Crippen LogP) is 5.36. The fourth-order valence-corrected chi connectivity index (χ4v) is 3.03. The van der Waals surface area contributed by atoms with E-state index in [1.165, 1.54) is 6.20 Å². The van der Waals surface area contributed by atoms with Gasteiger partial charge in [-0.05, 0) is 12.1 Å². The van der Waals surface area contributed by atoms with Crippen molar-refractivity contribution < 1.29 is 27.2 Å². The Morgan fingerprint density at radius 3 is 2.72 bits per heavy atom.